The lowest BCUT2D eigenvalue weighted by atomic mass is 9.97. The molecule has 2 aliphatic heterocycles. The average Bonchev–Trinajstić information content (AvgIpc) is 3.46. The number of aromatic hydroxyl groups is 1. The number of ether oxygens (including phenoxy) is 1. The van der Waals surface area contributed by atoms with Crippen LogP contribution in [-0.2, 0) is 25.6 Å². The Morgan fingerprint density at radius 2 is 1.81 bits per heavy atom. The first kappa shape index (κ1) is 35.5. The van der Waals surface area contributed by atoms with Gasteiger partial charge in [0.1, 0.15) is 35.7 Å². The van der Waals surface area contributed by atoms with Crippen LogP contribution in [0.25, 0.3) is 6.08 Å². The standard InChI is InChI=1S/C36H49N5O6/c1-7-23(4)31-34(44)37-17-15-25-21-26(13-14-29(25)42)47-30-16-18-41(32(30)35(45)39-31)36(46)27(20-24-11-9-8-10-12-24)38-33(43)28(40(5)6)19-22(2)3/h8-15,17,21-23,27-28,30-32,42H,7,16,18-20H2,1-6H3,(H,37,44)(H,38,43)(H,39,45)/b17-15+/t23?,27-,28-,30?,31-,32-/m0/s1. The van der Waals surface area contributed by atoms with E-state index in [0.29, 0.717) is 30.6 Å². The molecule has 6 atom stereocenters. The normalized spacial score (nSPS) is 22.4. The second-order valence-electron chi connectivity index (χ2n) is 13.2. The molecule has 0 aliphatic carbocycles. The summed E-state index contributed by atoms with van der Waals surface area (Å²) in [6.07, 6.45) is 4.04. The topological polar surface area (TPSA) is 140 Å². The predicted octanol–water partition coefficient (Wildman–Crippen LogP) is 3.08. The van der Waals surface area contributed by atoms with E-state index in [9.17, 15) is 24.3 Å². The number of likely N-dealkylation sites (tertiary alicyclic amines) is 1. The van der Waals surface area contributed by atoms with Gasteiger partial charge in [-0.25, -0.2) is 0 Å². The van der Waals surface area contributed by atoms with Crippen LogP contribution in [0, 0.1) is 11.8 Å². The number of likely N-dealkylation sites (N-methyl/N-ethyl adjacent to an activating group) is 1. The Morgan fingerprint density at radius 3 is 2.47 bits per heavy atom. The molecular weight excluding hydrogens is 598 g/mol. The molecule has 4 N–H and O–H groups in total. The highest BCUT2D eigenvalue weighted by molar-refractivity contribution is 5.96. The number of carbonyl (C=O) groups is 4. The molecule has 2 aromatic carbocycles. The molecule has 11 nitrogen and oxygen atoms in total. The molecule has 47 heavy (non-hydrogen) atoms. The van der Waals surface area contributed by atoms with Crippen molar-refractivity contribution in [1.82, 2.24) is 25.8 Å². The fourth-order valence-corrected chi connectivity index (χ4v) is 6.12. The highest BCUT2D eigenvalue weighted by atomic mass is 16.5. The van der Waals surface area contributed by atoms with Gasteiger partial charge in [-0.1, -0.05) is 64.4 Å². The summed E-state index contributed by atoms with van der Waals surface area (Å²) in [4.78, 5) is 59.0. The molecule has 0 saturated carbocycles. The molecule has 0 spiro atoms. The number of nitrogens with zero attached hydrogens (tertiary/aromatic N) is 2. The van der Waals surface area contributed by atoms with Crippen molar-refractivity contribution in [2.45, 2.75) is 83.6 Å². The Kier molecular flexibility index (Phi) is 12.0. The zero-order valence-electron chi connectivity index (χ0n) is 28.2. The van der Waals surface area contributed by atoms with Crippen molar-refractivity contribution < 1.29 is 29.0 Å². The molecule has 4 rings (SSSR count). The summed E-state index contributed by atoms with van der Waals surface area (Å²) in [5.74, 6) is -1.16. The Balaban J connectivity index is 1.71. The largest absolute Gasteiger partial charge is 0.507 e. The van der Waals surface area contributed by atoms with Crippen molar-refractivity contribution in [2.75, 3.05) is 20.6 Å². The second kappa shape index (κ2) is 15.9. The monoisotopic (exact) mass is 647 g/mol. The van der Waals surface area contributed by atoms with Gasteiger partial charge in [0.05, 0.1) is 6.04 Å². The molecule has 11 heteroatoms. The summed E-state index contributed by atoms with van der Waals surface area (Å²) < 4.78 is 6.34. The zero-order chi connectivity index (χ0) is 34.2. The third kappa shape index (κ3) is 8.91. The van der Waals surface area contributed by atoms with Crippen LogP contribution in [0.15, 0.2) is 54.7 Å². The third-order valence-corrected chi connectivity index (χ3v) is 8.98. The molecular formula is C36H49N5O6. The summed E-state index contributed by atoms with van der Waals surface area (Å²) in [5, 5.41) is 19.1. The minimum absolute atomic E-state index is 0.00170. The van der Waals surface area contributed by atoms with Crippen LogP contribution in [0.3, 0.4) is 0 Å². The van der Waals surface area contributed by atoms with Gasteiger partial charge in [-0.15, -0.1) is 0 Å². The van der Waals surface area contributed by atoms with Gasteiger partial charge in [-0.05, 0) is 62.2 Å². The molecule has 0 radical (unpaired) electrons. The van der Waals surface area contributed by atoms with E-state index in [-0.39, 0.29) is 36.5 Å². The van der Waals surface area contributed by atoms with E-state index in [2.05, 4.69) is 16.0 Å². The first-order valence-electron chi connectivity index (χ1n) is 16.5. The summed E-state index contributed by atoms with van der Waals surface area (Å²) in [6, 6.07) is 10.8. The van der Waals surface area contributed by atoms with Crippen LogP contribution in [0.4, 0.5) is 0 Å². The highest BCUT2D eigenvalue weighted by Gasteiger charge is 2.46. The van der Waals surface area contributed by atoms with Gasteiger partial charge in [0.2, 0.25) is 23.6 Å². The number of hydrogen-bond acceptors (Lipinski definition) is 7. The number of hydrogen-bond donors (Lipinski definition) is 4. The minimum atomic E-state index is -1.08. The lowest BCUT2D eigenvalue weighted by molar-refractivity contribution is -0.144. The first-order valence-corrected chi connectivity index (χ1v) is 16.5. The number of fused-ring (bicyclic) bond motifs is 3. The van der Waals surface area contributed by atoms with E-state index >= 15 is 0 Å². The van der Waals surface area contributed by atoms with Crippen molar-refractivity contribution in [2.24, 2.45) is 11.8 Å². The van der Waals surface area contributed by atoms with Gasteiger partial charge in [-0.2, -0.15) is 0 Å². The number of amides is 4. The summed E-state index contributed by atoms with van der Waals surface area (Å²) in [7, 11) is 3.68. The third-order valence-electron chi connectivity index (χ3n) is 8.98. The van der Waals surface area contributed by atoms with Crippen molar-refractivity contribution in [3.63, 3.8) is 0 Å². The fourth-order valence-electron chi connectivity index (χ4n) is 6.12. The summed E-state index contributed by atoms with van der Waals surface area (Å²) >= 11 is 0. The number of nitrogens with one attached hydrogen (secondary N) is 3. The maximum Gasteiger partial charge on any atom is 0.247 e. The number of phenols is 1. The highest BCUT2D eigenvalue weighted by Crippen LogP contribution is 2.30. The molecule has 2 aliphatic rings. The van der Waals surface area contributed by atoms with Gasteiger partial charge in [-0.3, -0.25) is 24.1 Å². The SMILES string of the molecule is CCC(C)[C@@H]1NC(=O)[C@@H]2C(CCN2C(=O)[C@H](Cc2ccccc2)NC(=O)[C@H](CC(C)C)N(C)C)Oc2ccc(O)c(c2)/C=C/NC1=O. The fraction of sp³-hybridized carbons (Fsp3) is 0.500. The van der Waals surface area contributed by atoms with E-state index in [1.165, 1.54) is 17.2 Å². The molecule has 1 saturated heterocycles. The molecule has 4 amide bonds. The van der Waals surface area contributed by atoms with Crippen molar-refractivity contribution in [3.05, 3.63) is 65.9 Å². The van der Waals surface area contributed by atoms with Crippen LogP contribution in [-0.4, -0.2) is 89.4 Å². The van der Waals surface area contributed by atoms with Gasteiger partial charge < -0.3 is 30.7 Å². The summed E-state index contributed by atoms with van der Waals surface area (Å²) in [6.45, 7) is 8.10. The van der Waals surface area contributed by atoms with Crippen LogP contribution in [0.1, 0.15) is 58.1 Å². The minimum Gasteiger partial charge on any atom is -0.507 e. The van der Waals surface area contributed by atoms with Crippen molar-refractivity contribution >= 4 is 29.7 Å². The molecule has 2 unspecified atom stereocenters. The average molecular weight is 648 g/mol. The lowest BCUT2D eigenvalue weighted by Crippen LogP contribution is -2.60. The Labute approximate surface area is 277 Å². The number of rotatable bonds is 10. The van der Waals surface area contributed by atoms with Gasteiger partial charge in [0, 0.05) is 31.1 Å². The molecule has 1 fully saturated rings. The molecule has 2 aromatic rings. The van der Waals surface area contributed by atoms with Crippen LogP contribution < -0.4 is 20.7 Å². The Bertz CT molecular complexity index is 1440. The molecule has 0 aromatic heterocycles. The smallest absolute Gasteiger partial charge is 0.247 e. The van der Waals surface area contributed by atoms with E-state index < -0.39 is 48.0 Å². The number of benzene rings is 2. The summed E-state index contributed by atoms with van der Waals surface area (Å²) in [5.41, 5.74) is 1.28. The zero-order valence-corrected chi connectivity index (χ0v) is 28.2. The van der Waals surface area contributed by atoms with Gasteiger partial charge >= 0.3 is 0 Å². The maximum absolute atomic E-state index is 14.5. The Hall–Kier alpha value is -4.38. The Morgan fingerprint density at radius 1 is 1.09 bits per heavy atom. The number of carbonyl (C=O) groups excluding carboxylic acids is 4. The number of phenolic OH excluding ortho intramolecular Hbond substituents is 1. The van der Waals surface area contributed by atoms with Crippen LogP contribution in [0.5, 0.6) is 11.5 Å². The van der Waals surface area contributed by atoms with Gasteiger partial charge in [0.15, 0.2) is 0 Å². The molecule has 2 heterocycles. The molecule has 2 bridgehead atoms. The van der Waals surface area contributed by atoms with Crippen molar-refractivity contribution in [1.29, 1.82) is 0 Å². The van der Waals surface area contributed by atoms with E-state index in [1.807, 2.05) is 77.0 Å². The van der Waals surface area contributed by atoms with Gasteiger partial charge in [0.25, 0.3) is 0 Å². The van der Waals surface area contributed by atoms with Crippen LogP contribution in [0.2, 0.25) is 0 Å². The van der Waals surface area contributed by atoms with E-state index in [1.54, 1.807) is 18.2 Å². The van der Waals surface area contributed by atoms with E-state index in [0.717, 1.165) is 5.56 Å². The van der Waals surface area contributed by atoms with Crippen molar-refractivity contribution in [3.8, 4) is 11.5 Å². The lowest BCUT2D eigenvalue weighted by Gasteiger charge is -2.33. The maximum atomic E-state index is 14.5. The quantitative estimate of drug-likeness (QED) is 0.311. The second-order valence-corrected chi connectivity index (χ2v) is 13.2. The first-order chi connectivity index (χ1) is 22.4. The molecule has 254 valence electrons. The van der Waals surface area contributed by atoms with Crippen LogP contribution >= 0.6 is 0 Å². The predicted molar refractivity (Wildman–Crippen MR) is 180 cm³/mol. The van der Waals surface area contributed by atoms with E-state index in [4.69, 9.17) is 4.74 Å².